The number of rotatable bonds is 8. The SMILES string of the molecule is CCN(CC)S(=O)(=O)c1ccc(F)c(C(=O)OCC(=O)c2ccc(Cl)cc2)c1. The van der Waals surface area contributed by atoms with Crippen LogP contribution in [-0.2, 0) is 14.8 Å². The molecule has 6 nitrogen and oxygen atoms in total. The van der Waals surface area contributed by atoms with Gasteiger partial charge in [-0.05, 0) is 42.5 Å². The fraction of sp³-hybridized carbons (Fsp3) is 0.263. The van der Waals surface area contributed by atoms with Crippen molar-refractivity contribution in [3.05, 3.63) is 64.4 Å². The summed E-state index contributed by atoms with van der Waals surface area (Å²) < 4.78 is 45.2. The van der Waals surface area contributed by atoms with Crippen LogP contribution in [0.2, 0.25) is 5.02 Å². The molecule has 150 valence electrons. The number of Topliss-reactive ketones (excluding diaryl/α,β-unsaturated/α-hetero) is 1. The molecule has 0 aliphatic heterocycles. The summed E-state index contributed by atoms with van der Waals surface area (Å²) in [4.78, 5) is 24.0. The normalized spacial score (nSPS) is 11.5. The highest BCUT2D eigenvalue weighted by atomic mass is 35.5. The number of nitrogens with zero attached hydrogens (tertiary/aromatic N) is 1. The second-order valence-corrected chi connectivity index (χ2v) is 8.11. The van der Waals surface area contributed by atoms with Crippen LogP contribution in [0.25, 0.3) is 0 Å². The van der Waals surface area contributed by atoms with Gasteiger partial charge in [0.05, 0.1) is 10.5 Å². The lowest BCUT2D eigenvalue weighted by molar-refractivity contribution is 0.0470. The first-order valence-electron chi connectivity index (χ1n) is 8.46. The molecule has 0 spiro atoms. The third kappa shape index (κ3) is 4.95. The van der Waals surface area contributed by atoms with Crippen molar-refractivity contribution in [3.63, 3.8) is 0 Å². The van der Waals surface area contributed by atoms with E-state index in [0.29, 0.717) is 5.02 Å². The van der Waals surface area contributed by atoms with Crippen LogP contribution < -0.4 is 0 Å². The van der Waals surface area contributed by atoms with Gasteiger partial charge in [-0.15, -0.1) is 0 Å². The molecule has 2 aromatic carbocycles. The van der Waals surface area contributed by atoms with Crippen molar-refractivity contribution in [2.45, 2.75) is 18.7 Å². The second-order valence-electron chi connectivity index (χ2n) is 5.74. The second kappa shape index (κ2) is 9.27. The number of halogens is 2. The average molecular weight is 428 g/mol. The van der Waals surface area contributed by atoms with Gasteiger partial charge in [0.1, 0.15) is 5.82 Å². The van der Waals surface area contributed by atoms with E-state index >= 15 is 0 Å². The Morgan fingerprint density at radius 2 is 1.68 bits per heavy atom. The molecule has 0 saturated carbocycles. The maximum absolute atomic E-state index is 14.1. The van der Waals surface area contributed by atoms with E-state index in [1.807, 2.05) is 0 Å². The predicted octanol–water partition coefficient (Wildman–Crippen LogP) is 3.55. The highest BCUT2D eigenvalue weighted by Crippen LogP contribution is 2.20. The Morgan fingerprint density at radius 3 is 2.25 bits per heavy atom. The molecule has 0 aliphatic rings. The van der Waals surface area contributed by atoms with Gasteiger partial charge in [-0.2, -0.15) is 4.31 Å². The maximum atomic E-state index is 14.1. The summed E-state index contributed by atoms with van der Waals surface area (Å²) in [7, 11) is -3.87. The van der Waals surface area contributed by atoms with Crippen molar-refractivity contribution in [1.29, 1.82) is 0 Å². The van der Waals surface area contributed by atoms with E-state index in [2.05, 4.69) is 0 Å². The fourth-order valence-corrected chi connectivity index (χ4v) is 4.07. The Bertz CT molecular complexity index is 972. The van der Waals surface area contributed by atoms with E-state index in [9.17, 15) is 22.4 Å². The zero-order chi connectivity index (χ0) is 20.9. The lowest BCUT2D eigenvalue weighted by Crippen LogP contribution is -2.30. The summed E-state index contributed by atoms with van der Waals surface area (Å²) >= 11 is 5.75. The van der Waals surface area contributed by atoms with Gasteiger partial charge in [-0.25, -0.2) is 17.6 Å². The van der Waals surface area contributed by atoms with E-state index in [-0.39, 0.29) is 23.5 Å². The minimum atomic E-state index is -3.87. The van der Waals surface area contributed by atoms with Crippen molar-refractivity contribution >= 4 is 33.4 Å². The number of esters is 1. The molecule has 0 radical (unpaired) electrons. The van der Waals surface area contributed by atoms with E-state index in [1.54, 1.807) is 13.8 Å². The number of benzene rings is 2. The maximum Gasteiger partial charge on any atom is 0.341 e. The molecule has 0 heterocycles. The zero-order valence-electron chi connectivity index (χ0n) is 15.3. The third-order valence-corrected chi connectivity index (χ3v) is 6.30. The number of carbonyl (C=O) groups excluding carboxylic acids is 2. The summed E-state index contributed by atoms with van der Waals surface area (Å²) in [5.74, 6) is -2.57. The smallest absolute Gasteiger partial charge is 0.341 e. The van der Waals surface area contributed by atoms with Gasteiger partial charge in [0.25, 0.3) is 0 Å². The van der Waals surface area contributed by atoms with E-state index < -0.39 is 39.8 Å². The monoisotopic (exact) mass is 427 g/mol. The molecule has 0 amide bonds. The first kappa shape index (κ1) is 22.0. The van der Waals surface area contributed by atoms with E-state index in [1.165, 1.54) is 28.6 Å². The standard InChI is InChI=1S/C19H19ClFNO5S/c1-3-22(4-2)28(25,26)15-9-10-17(21)16(11-15)19(24)27-12-18(23)13-5-7-14(20)8-6-13/h5-11H,3-4,12H2,1-2H3. The fourth-order valence-electron chi connectivity index (χ4n) is 2.46. The molecular formula is C19H19ClFNO5S. The lowest BCUT2D eigenvalue weighted by atomic mass is 10.1. The summed E-state index contributed by atoms with van der Waals surface area (Å²) in [5.41, 5.74) is -0.285. The molecule has 0 saturated heterocycles. The van der Waals surface area contributed by atoms with Crippen LogP contribution in [0, 0.1) is 5.82 Å². The highest BCUT2D eigenvalue weighted by Gasteiger charge is 2.25. The minimum absolute atomic E-state index is 0.228. The molecule has 0 aliphatic carbocycles. The van der Waals surface area contributed by atoms with Crippen molar-refractivity contribution in [2.75, 3.05) is 19.7 Å². The number of ether oxygens (including phenoxy) is 1. The van der Waals surface area contributed by atoms with Gasteiger partial charge in [0, 0.05) is 23.7 Å². The van der Waals surface area contributed by atoms with Gasteiger partial charge in [0.2, 0.25) is 10.0 Å². The molecule has 0 aromatic heterocycles. The van der Waals surface area contributed by atoms with Crippen molar-refractivity contribution in [1.82, 2.24) is 4.31 Å². The summed E-state index contributed by atoms with van der Waals surface area (Å²) in [6, 6.07) is 8.84. The van der Waals surface area contributed by atoms with Crippen LogP contribution in [0.1, 0.15) is 34.6 Å². The molecule has 2 aromatic rings. The molecule has 28 heavy (non-hydrogen) atoms. The Labute approximate surface area is 167 Å². The summed E-state index contributed by atoms with van der Waals surface area (Å²) in [5, 5.41) is 0.446. The van der Waals surface area contributed by atoms with Gasteiger partial charge in [0.15, 0.2) is 12.4 Å². The number of carbonyl (C=O) groups is 2. The largest absolute Gasteiger partial charge is 0.454 e. The first-order chi connectivity index (χ1) is 13.2. The summed E-state index contributed by atoms with van der Waals surface area (Å²) in [6.45, 7) is 3.17. The van der Waals surface area contributed by atoms with Crippen molar-refractivity contribution in [2.24, 2.45) is 0 Å². The molecule has 9 heteroatoms. The van der Waals surface area contributed by atoms with Gasteiger partial charge >= 0.3 is 5.97 Å². The predicted molar refractivity (Wildman–Crippen MR) is 103 cm³/mol. The van der Waals surface area contributed by atoms with Crippen LogP contribution in [0.15, 0.2) is 47.4 Å². The minimum Gasteiger partial charge on any atom is -0.454 e. The molecule has 0 N–H and O–H groups in total. The topological polar surface area (TPSA) is 80.8 Å². The van der Waals surface area contributed by atoms with Crippen LogP contribution in [0.3, 0.4) is 0 Å². The van der Waals surface area contributed by atoms with Gasteiger partial charge < -0.3 is 4.74 Å². The van der Waals surface area contributed by atoms with E-state index in [0.717, 1.165) is 18.2 Å². The average Bonchev–Trinajstić information content (AvgIpc) is 2.67. The Kier molecular flexibility index (Phi) is 7.29. The Hall–Kier alpha value is -2.29. The number of ketones is 1. The van der Waals surface area contributed by atoms with Gasteiger partial charge in [-0.3, -0.25) is 4.79 Å². The van der Waals surface area contributed by atoms with Crippen LogP contribution in [-0.4, -0.2) is 44.2 Å². The number of hydrogen-bond acceptors (Lipinski definition) is 5. The van der Waals surface area contributed by atoms with Crippen LogP contribution in [0.5, 0.6) is 0 Å². The molecule has 0 fully saturated rings. The van der Waals surface area contributed by atoms with Gasteiger partial charge in [-0.1, -0.05) is 25.4 Å². The van der Waals surface area contributed by atoms with Crippen LogP contribution in [0.4, 0.5) is 4.39 Å². The third-order valence-electron chi connectivity index (χ3n) is 4.00. The van der Waals surface area contributed by atoms with Crippen LogP contribution >= 0.6 is 11.6 Å². The molecule has 0 bridgehead atoms. The number of sulfonamides is 1. The summed E-state index contributed by atoms with van der Waals surface area (Å²) in [6.07, 6.45) is 0. The highest BCUT2D eigenvalue weighted by molar-refractivity contribution is 7.89. The van der Waals surface area contributed by atoms with Crippen molar-refractivity contribution in [3.8, 4) is 0 Å². The Balaban J connectivity index is 2.19. The number of hydrogen-bond donors (Lipinski definition) is 0. The molecule has 0 unspecified atom stereocenters. The zero-order valence-corrected chi connectivity index (χ0v) is 16.9. The molecule has 2 rings (SSSR count). The quantitative estimate of drug-likeness (QED) is 0.475. The van der Waals surface area contributed by atoms with Crippen molar-refractivity contribution < 1.29 is 27.1 Å². The van der Waals surface area contributed by atoms with E-state index in [4.69, 9.17) is 16.3 Å². The first-order valence-corrected chi connectivity index (χ1v) is 10.3. The lowest BCUT2D eigenvalue weighted by Gasteiger charge is -2.18. The Morgan fingerprint density at radius 1 is 1.07 bits per heavy atom. The molecular weight excluding hydrogens is 409 g/mol. The molecule has 0 atom stereocenters.